The zero-order chi connectivity index (χ0) is 20.6. The molecule has 4 heteroatoms. The van der Waals surface area contributed by atoms with Crippen LogP contribution in [0.1, 0.15) is 22.3 Å². The van der Waals surface area contributed by atoms with Gasteiger partial charge in [-0.1, -0.05) is 45.3 Å². The summed E-state index contributed by atoms with van der Waals surface area (Å²) in [5.41, 5.74) is 11.7. The van der Waals surface area contributed by atoms with Gasteiger partial charge in [-0.15, -0.1) is 0 Å². The fourth-order valence-corrected chi connectivity index (χ4v) is 5.01. The Morgan fingerprint density at radius 1 is 0.567 bits per heavy atom. The lowest BCUT2D eigenvalue weighted by atomic mass is 10.1. The quantitative estimate of drug-likeness (QED) is 0.326. The van der Waals surface area contributed by atoms with Crippen LogP contribution in [0, 0.1) is 23.7 Å². The molecule has 3 aromatic rings. The van der Waals surface area contributed by atoms with Gasteiger partial charge < -0.3 is 10.6 Å². The molecule has 0 atom stereocenters. The maximum Gasteiger partial charge on any atom is 0.0367 e. The van der Waals surface area contributed by atoms with Crippen molar-refractivity contribution in [1.29, 1.82) is 0 Å². The molecular weight excluding hydrogens is 404 g/mol. The van der Waals surface area contributed by atoms with Crippen LogP contribution in [0.4, 0.5) is 11.4 Å². The highest BCUT2D eigenvalue weighted by Crippen LogP contribution is 2.26. The van der Waals surface area contributed by atoms with Crippen LogP contribution in [-0.4, -0.2) is 24.6 Å². The Labute approximate surface area is 186 Å². The van der Waals surface area contributed by atoms with Crippen LogP contribution in [-0.2, 0) is 0 Å². The van der Waals surface area contributed by atoms with Crippen LogP contribution in [0.5, 0.6) is 0 Å². The van der Waals surface area contributed by atoms with E-state index in [0.29, 0.717) is 0 Å². The summed E-state index contributed by atoms with van der Waals surface area (Å²) in [6.45, 7) is 2.21. The molecule has 1 aliphatic heterocycles. The molecule has 0 aromatic heterocycles. The summed E-state index contributed by atoms with van der Waals surface area (Å²) in [6, 6.07) is 24.2. The number of hydrogen-bond acceptors (Lipinski definition) is 4. The topological polar surface area (TPSA) is 29.3 Å². The second-order valence-electron chi connectivity index (χ2n) is 6.88. The summed E-state index contributed by atoms with van der Waals surface area (Å²) in [5, 5.41) is 0. The molecule has 3 aromatic carbocycles. The maximum absolute atomic E-state index is 5.70. The Morgan fingerprint density at radius 2 is 0.933 bits per heavy atom. The molecule has 1 fully saturated rings. The highest BCUT2D eigenvalue weighted by molar-refractivity contribution is 8.76. The Balaban J connectivity index is 1.40. The van der Waals surface area contributed by atoms with E-state index in [4.69, 9.17) is 5.73 Å². The van der Waals surface area contributed by atoms with Crippen LogP contribution in [0.2, 0.25) is 0 Å². The smallest absolute Gasteiger partial charge is 0.0367 e. The molecule has 2 N–H and O–H groups in total. The van der Waals surface area contributed by atoms with E-state index in [1.807, 2.05) is 70.1 Å². The minimum absolute atomic E-state index is 0.748. The predicted octanol–water partition coefficient (Wildman–Crippen LogP) is 5.27. The van der Waals surface area contributed by atoms with Gasteiger partial charge in [-0.3, -0.25) is 0 Å². The molecule has 1 aliphatic rings. The molecule has 2 nitrogen and oxygen atoms in total. The molecule has 148 valence electrons. The van der Waals surface area contributed by atoms with E-state index >= 15 is 0 Å². The second kappa shape index (κ2) is 10.2. The van der Waals surface area contributed by atoms with Gasteiger partial charge in [0.2, 0.25) is 0 Å². The van der Waals surface area contributed by atoms with Crippen LogP contribution in [0.3, 0.4) is 0 Å². The molecule has 4 rings (SSSR count). The molecule has 1 saturated heterocycles. The Hall–Kier alpha value is -2.92. The summed E-state index contributed by atoms with van der Waals surface area (Å²) in [6.07, 6.45) is 0. The molecule has 1 heterocycles. The largest absolute Gasteiger partial charge is 0.399 e. The van der Waals surface area contributed by atoms with E-state index in [2.05, 4.69) is 52.8 Å². The summed E-state index contributed by atoms with van der Waals surface area (Å²) in [4.78, 5) is 2.45. The fraction of sp³-hybridized carbons (Fsp3) is 0.154. The first-order chi connectivity index (χ1) is 14.8. The van der Waals surface area contributed by atoms with Crippen LogP contribution >= 0.6 is 21.6 Å². The highest BCUT2D eigenvalue weighted by atomic mass is 33.1. The molecule has 0 amide bonds. The van der Waals surface area contributed by atoms with Gasteiger partial charge in [0.25, 0.3) is 0 Å². The number of anilines is 2. The minimum Gasteiger partial charge on any atom is -0.399 e. The van der Waals surface area contributed by atoms with E-state index in [1.165, 1.54) is 17.2 Å². The lowest BCUT2D eigenvalue weighted by Crippen LogP contribution is -2.26. The first-order valence-corrected chi connectivity index (χ1v) is 12.3. The average Bonchev–Trinajstić information content (AvgIpc) is 3.08. The van der Waals surface area contributed by atoms with Crippen molar-refractivity contribution in [2.75, 3.05) is 35.2 Å². The van der Waals surface area contributed by atoms with Crippen molar-refractivity contribution in [3.63, 3.8) is 0 Å². The number of nitrogens with zero attached hydrogens (tertiary/aromatic N) is 1. The van der Waals surface area contributed by atoms with Crippen LogP contribution in [0.15, 0.2) is 72.8 Å². The summed E-state index contributed by atoms with van der Waals surface area (Å²) >= 11 is 0. The van der Waals surface area contributed by atoms with Crippen LogP contribution in [0.25, 0.3) is 0 Å². The van der Waals surface area contributed by atoms with Crippen molar-refractivity contribution in [2.24, 2.45) is 0 Å². The van der Waals surface area contributed by atoms with E-state index in [0.717, 1.165) is 41.0 Å². The minimum atomic E-state index is 0.748. The second-order valence-corrected chi connectivity index (χ2v) is 9.58. The van der Waals surface area contributed by atoms with E-state index in [9.17, 15) is 0 Å². The summed E-state index contributed by atoms with van der Waals surface area (Å²) in [7, 11) is 3.93. The summed E-state index contributed by atoms with van der Waals surface area (Å²) < 4.78 is 0. The first-order valence-electron chi connectivity index (χ1n) is 9.85. The van der Waals surface area contributed by atoms with Gasteiger partial charge in [-0.25, -0.2) is 0 Å². The zero-order valence-electron chi connectivity index (χ0n) is 16.6. The average molecular weight is 427 g/mol. The number of hydrogen-bond donors (Lipinski definition) is 1. The number of rotatable bonds is 1. The van der Waals surface area contributed by atoms with Crippen molar-refractivity contribution in [2.45, 2.75) is 0 Å². The predicted molar refractivity (Wildman–Crippen MR) is 133 cm³/mol. The molecule has 0 spiro atoms. The SMILES string of the molecule is Nc1ccc(C#Cc2ccc(C#Cc3ccc(N4CCSSCC4)cc3)cc2)cc1. The molecule has 0 radical (unpaired) electrons. The highest BCUT2D eigenvalue weighted by Gasteiger charge is 2.09. The van der Waals surface area contributed by atoms with Crippen molar-refractivity contribution in [3.8, 4) is 23.7 Å². The van der Waals surface area contributed by atoms with Crippen molar-refractivity contribution in [1.82, 2.24) is 0 Å². The molecule has 0 bridgehead atoms. The Bertz CT molecular complexity index is 1090. The summed E-state index contributed by atoms with van der Waals surface area (Å²) in [5.74, 6) is 15.2. The Morgan fingerprint density at radius 3 is 1.37 bits per heavy atom. The first kappa shape index (κ1) is 20.4. The van der Waals surface area contributed by atoms with Crippen molar-refractivity contribution < 1.29 is 0 Å². The fourth-order valence-electron chi connectivity index (χ4n) is 3.03. The normalized spacial score (nSPS) is 13.4. The van der Waals surface area contributed by atoms with Gasteiger partial charge >= 0.3 is 0 Å². The molecule has 0 aliphatic carbocycles. The third kappa shape index (κ3) is 5.80. The van der Waals surface area contributed by atoms with E-state index in [-0.39, 0.29) is 0 Å². The van der Waals surface area contributed by atoms with Gasteiger partial charge in [-0.05, 0) is 72.8 Å². The van der Waals surface area contributed by atoms with Crippen molar-refractivity contribution >= 4 is 33.0 Å². The van der Waals surface area contributed by atoms with Crippen LogP contribution < -0.4 is 10.6 Å². The zero-order valence-corrected chi connectivity index (χ0v) is 18.2. The number of nitrogens with two attached hydrogens (primary N) is 1. The van der Waals surface area contributed by atoms with Gasteiger partial charge in [-0.2, -0.15) is 0 Å². The standard InChI is InChI=1S/C26H22N2S2/c27-25-13-9-23(10-14-25)7-5-21-1-3-22(4-2-21)6-8-24-11-15-26(16-12-24)28-17-19-29-30-20-18-28/h1-4,9-16H,17-20,27H2. The number of benzene rings is 3. The molecular formula is C26H22N2S2. The lowest BCUT2D eigenvalue weighted by Gasteiger charge is -2.21. The van der Waals surface area contributed by atoms with Gasteiger partial charge in [0, 0.05) is 58.2 Å². The third-order valence-corrected chi connectivity index (χ3v) is 7.07. The number of nitrogen functional groups attached to an aromatic ring is 1. The third-order valence-electron chi connectivity index (χ3n) is 4.70. The van der Waals surface area contributed by atoms with E-state index < -0.39 is 0 Å². The lowest BCUT2D eigenvalue weighted by molar-refractivity contribution is 0.884. The monoisotopic (exact) mass is 426 g/mol. The Kier molecular flexibility index (Phi) is 6.93. The van der Waals surface area contributed by atoms with Crippen molar-refractivity contribution in [3.05, 3.63) is 95.1 Å². The van der Waals surface area contributed by atoms with Gasteiger partial charge in [0.15, 0.2) is 0 Å². The van der Waals surface area contributed by atoms with Gasteiger partial charge in [0.1, 0.15) is 0 Å². The van der Waals surface area contributed by atoms with Gasteiger partial charge in [0.05, 0.1) is 0 Å². The maximum atomic E-state index is 5.70. The molecule has 0 saturated carbocycles. The van der Waals surface area contributed by atoms with E-state index in [1.54, 1.807) is 0 Å². The molecule has 0 unspecified atom stereocenters. The molecule has 30 heavy (non-hydrogen) atoms.